The maximum atomic E-state index is 18.1. The van der Waals surface area contributed by atoms with E-state index in [9.17, 15) is 58.5 Å². The summed E-state index contributed by atoms with van der Waals surface area (Å²) in [5.74, 6) is 1.08. The number of esters is 1. The molecule has 1 aromatic rings. The average Bonchev–Trinajstić information content (AvgIpc) is 1.34. The van der Waals surface area contributed by atoms with Crippen LogP contribution in [-0.4, -0.2) is 214 Å². The van der Waals surface area contributed by atoms with Crippen molar-refractivity contribution < 1.29 is 105 Å². The highest BCUT2D eigenvalue weighted by Gasteiger charge is 2.80. The van der Waals surface area contributed by atoms with Crippen LogP contribution in [0.1, 0.15) is 150 Å². The molecular weight excluding hydrogens is 1380 g/mol. The van der Waals surface area contributed by atoms with Crippen molar-refractivity contribution in [2.45, 2.75) is 218 Å². The summed E-state index contributed by atoms with van der Waals surface area (Å²) >= 11 is 0. The van der Waals surface area contributed by atoms with E-state index in [2.05, 4.69) is 49.1 Å². The second-order valence-electron chi connectivity index (χ2n) is 30.1. The molecule has 30 heteroatoms. The average molecular weight is 1500 g/mol. The third-order valence-corrected chi connectivity index (χ3v) is 22.0. The molecule has 106 heavy (non-hydrogen) atoms. The van der Waals surface area contributed by atoms with Crippen LogP contribution in [-0.2, 0) is 82.9 Å². The number of ether oxygens (including phenoxy) is 8. The molecule has 0 radical (unpaired) electrons. The van der Waals surface area contributed by atoms with Gasteiger partial charge in [0, 0.05) is 54.7 Å². The van der Waals surface area contributed by atoms with Gasteiger partial charge in [0.15, 0.2) is 36.3 Å². The summed E-state index contributed by atoms with van der Waals surface area (Å²) in [6.45, 7) is 12.8. The number of anilines is 1. The van der Waals surface area contributed by atoms with Crippen molar-refractivity contribution >= 4 is 58.9 Å². The molecule has 28 nitrogen and oxygen atoms in total. The number of ketones is 2. The second kappa shape index (κ2) is 39.5. The highest BCUT2D eigenvalue weighted by atomic mass is 19.1. The summed E-state index contributed by atoms with van der Waals surface area (Å²) in [4.78, 5) is 121. The Hall–Kier alpha value is -6.89. The van der Waals surface area contributed by atoms with Gasteiger partial charge in [0.1, 0.15) is 36.9 Å². The molecule has 0 aromatic heterocycles. The predicted molar refractivity (Wildman–Crippen MR) is 381 cm³/mol. The zero-order chi connectivity index (χ0) is 76.9. The second-order valence-corrected chi connectivity index (χ2v) is 30.1. The van der Waals surface area contributed by atoms with Gasteiger partial charge < -0.3 is 85.1 Å². The van der Waals surface area contributed by atoms with E-state index in [1.165, 1.54) is 43.3 Å². The van der Waals surface area contributed by atoms with Crippen LogP contribution in [0.2, 0.25) is 0 Å². The predicted octanol–water partition coefficient (Wildman–Crippen LogP) is 4.09. The van der Waals surface area contributed by atoms with Crippen LogP contribution in [0.5, 0.6) is 0 Å². The maximum absolute atomic E-state index is 18.1. The number of fused-ring (bicyclic) bond motifs is 8. The van der Waals surface area contributed by atoms with E-state index in [4.69, 9.17) is 43.6 Å². The number of alkyl halides is 2. The third-order valence-electron chi connectivity index (χ3n) is 22.0. The van der Waals surface area contributed by atoms with Crippen molar-refractivity contribution in [2.24, 2.45) is 58.0 Å². The molecule has 4 saturated carbocycles. The highest BCUT2D eigenvalue weighted by molar-refractivity contribution is 6.02. The Labute approximate surface area is 619 Å². The van der Waals surface area contributed by atoms with Gasteiger partial charge >= 0.3 is 12.1 Å². The number of allylic oxidation sites excluding steroid dienone is 4. The first-order valence-corrected chi connectivity index (χ1v) is 37.6. The summed E-state index contributed by atoms with van der Waals surface area (Å²) in [6, 6.07) is 0.868. The number of benzene rings is 1. The monoisotopic (exact) mass is 1490 g/mol. The number of aliphatic hydroxyl groups is 3. The number of Topliss-reactive ketones (excluding diaryl/α,β-unsaturated/α-hetero) is 1. The molecule has 6 aliphatic carbocycles. The minimum absolute atomic E-state index is 0.0152. The molecule has 12 N–H and O–H groups in total. The van der Waals surface area contributed by atoms with E-state index in [0.717, 1.165) is 50.0 Å². The number of hydrogen-bond acceptors (Lipinski definition) is 22. The summed E-state index contributed by atoms with van der Waals surface area (Å²) < 4.78 is 80.6. The van der Waals surface area contributed by atoms with Crippen molar-refractivity contribution in [3.63, 3.8) is 0 Å². The fourth-order valence-electron chi connectivity index (χ4n) is 16.5. The Morgan fingerprint density at radius 3 is 2.05 bits per heavy atom. The lowest BCUT2D eigenvalue weighted by atomic mass is 9.44. The lowest BCUT2D eigenvalue weighted by Gasteiger charge is -2.63. The molecule has 5 fully saturated rings. The van der Waals surface area contributed by atoms with Crippen LogP contribution in [0.25, 0.3) is 0 Å². The number of halogens is 2. The van der Waals surface area contributed by atoms with Gasteiger partial charge in [0.05, 0.1) is 71.7 Å². The zero-order valence-electron chi connectivity index (χ0n) is 62.2. The summed E-state index contributed by atoms with van der Waals surface area (Å²) in [6.07, 6.45) is 2.10. The van der Waals surface area contributed by atoms with Gasteiger partial charge in [-0.15, -0.1) is 11.8 Å². The quantitative estimate of drug-likeness (QED) is 0.0190. The van der Waals surface area contributed by atoms with Crippen LogP contribution in [0.3, 0.4) is 0 Å². The number of hydrogen-bond donors (Lipinski definition) is 11. The lowest BCUT2D eigenvalue weighted by Crippen LogP contribution is -2.71. The van der Waals surface area contributed by atoms with Gasteiger partial charge in [-0.1, -0.05) is 66.2 Å². The minimum Gasteiger partial charge on any atom is -0.456 e. The smallest absolute Gasteiger partial charge is 0.408 e. The Bertz CT molecular complexity index is 3300. The van der Waals surface area contributed by atoms with Gasteiger partial charge in [-0.05, 0) is 149 Å². The number of carbonyl (C=O) groups is 9. The Morgan fingerprint density at radius 1 is 0.764 bits per heavy atom. The topological polar surface area (TPSA) is 398 Å². The zero-order valence-corrected chi connectivity index (χ0v) is 62.2. The Balaban J connectivity index is 0.735. The SMILES string of the molecule is CCCC1O[C@@H]2C[C@H]3[C@@H]4C[C@H](F)C5=CC(=O)C=C[C@]5(C)[C@@]4(F)[C@@H](O)C[C@]3(C)[C@]2(C(=O)COC(=O)[C@H](CC(C)C)NC(=O)[C@H](CO)NC(=O)OCc2ccc(NC(=O)[C@H](CCCNC(N)O)NC(=O)[C@@H](NC(=O)CCOCCOCCOCCOCCNC(=O)CC[C@@H]3[C@@H]4CCC#CCC[C@@H]43)C(C)C)cc2)O1. The van der Waals surface area contributed by atoms with Crippen LogP contribution in [0.4, 0.5) is 19.3 Å². The number of amides is 6. The first-order chi connectivity index (χ1) is 50.6. The summed E-state index contributed by atoms with van der Waals surface area (Å²) in [5.41, 5.74) is -1.27. The molecule has 1 heterocycles. The molecule has 6 amide bonds. The van der Waals surface area contributed by atoms with Crippen molar-refractivity contribution in [1.82, 2.24) is 31.9 Å². The molecule has 0 spiro atoms. The van der Waals surface area contributed by atoms with Gasteiger partial charge in [0.25, 0.3) is 0 Å². The van der Waals surface area contributed by atoms with Crippen LogP contribution in [0.15, 0.2) is 48.1 Å². The molecule has 1 aliphatic heterocycles. The summed E-state index contributed by atoms with van der Waals surface area (Å²) in [5, 5.41) is 50.5. The maximum Gasteiger partial charge on any atom is 0.408 e. The van der Waals surface area contributed by atoms with E-state index in [1.54, 1.807) is 34.6 Å². The van der Waals surface area contributed by atoms with E-state index >= 15 is 8.78 Å². The van der Waals surface area contributed by atoms with Crippen LogP contribution in [0, 0.1) is 64.1 Å². The molecular formula is C76H112F2N8O20. The van der Waals surface area contributed by atoms with Crippen molar-refractivity contribution in [3.05, 3.63) is 53.6 Å². The molecule has 1 saturated heterocycles. The van der Waals surface area contributed by atoms with Gasteiger partial charge in [-0.2, -0.15) is 0 Å². The van der Waals surface area contributed by atoms with Crippen molar-refractivity contribution in [2.75, 3.05) is 84.5 Å². The fourth-order valence-corrected chi connectivity index (χ4v) is 16.5. The summed E-state index contributed by atoms with van der Waals surface area (Å²) in [7, 11) is 0. The number of nitrogens with two attached hydrogens (primary N) is 1. The minimum atomic E-state index is -2.44. The Kier molecular flexibility index (Phi) is 31.5. The highest BCUT2D eigenvalue weighted by Crippen LogP contribution is 2.72. The first kappa shape index (κ1) is 84.7. The fraction of sp³-hybridized carbons (Fsp3) is 0.724. The Morgan fingerprint density at radius 2 is 1.42 bits per heavy atom. The van der Waals surface area contributed by atoms with E-state index in [0.29, 0.717) is 70.3 Å². The normalized spacial score (nSPS) is 28.9. The molecule has 0 bridgehead atoms. The van der Waals surface area contributed by atoms with Crippen molar-refractivity contribution in [1.29, 1.82) is 0 Å². The van der Waals surface area contributed by atoms with Gasteiger partial charge in [-0.25, -0.2) is 18.4 Å². The first-order valence-electron chi connectivity index (χ1n) is 37.6. The lowest BCUT2D eigenvalue weighted by molar-refractivity contribution is -0.235. The molecule has 18 atom stereocenters. The molecule has 7 aliphatic rings. The van der Waals surface area contributed by atoms with E-state index < -0.39 is 156 Å². The van der Waals surface area contributed by atoms with Gasteiger partial charge in [0.2, 0.25) is 35.3 Å². The number of alkyl carbamates (subject to hydrolysis) is 1. The van der Waals surface area contributed by atoms with Crippen molar-refractivity contribution in [3.8, 4) is 11.8 Å². The molecule has 590 valence electrons. The molecule has 1 aromatic carbocycles. The molecule has 8 rings (SSSR count). The number of aliphatic hydroxyl groups excluding tert-OH is 3. The van der Waals surface area contributed by atoms with E-state index in [1.807, 2.05) is 6.92 Å². The third kappa shape index (κ3) is 21.3. The van der Waals surface area contributed by atoms with E-state index in [-0.39, 0.29) is 101 Å². The number of nitrogens with one attached hydrogen (secondary N) is 7. The van der Waals surface area contributed by atoms with Crippen LogP contribution >= 0.6 is 0 Å². The van der Waals surface area contributed by atoms with Gasteiger partial charge in [-0.3, -0.25) is 44.6 Å². The number of carbonyl (C=O) groups excluding carboxylic acids is 9. The standard InChI is InChI=1S/C76H112F2N8O20/c1-8-14-65-105-62-40-53-54-39-56(77)55-38-49(88)24-26-73(55,6)75(54,78)60(89)41-74(53,7)76(62,106-65)61(90)44-103-70(96)58(37-45(2)3)84-68(94)59(42-87)85-72(98)104-43-47-18-20-48(21-19-47)82-67(93)57(17-13-27-81-71(79)97)83-69(95)66(46(4)5)86-64(92)25-29-99-31-33-101-35-36-102-34-32-100-30-28-80-63(91)23-22-52-50-15-11-9-10-12-16-51(50)52/h18-21,24,26,38,45-46,50-54,56-60,62,65-66,71,81,87,89,97H,8,11-17,22-23,25,27-37,39-44,79H2,1-7H3,(H,80,91)(H,82,93)(H,83,95)(H,84,94)(H,85,98)(H,86,92)/t50-,51+,52-,53-,54-,56-,57-,58-,59-,60-,62+,65?,66-,71?,73-,74-,75-,76+/m0/s1. The number of rotatable bonds is 43. The molecule has 2 unspecified atom stereocenters. The van der Waals surface area contributed by atoms with Crippen LogP contribution < -0.4 is 43.0 Å². The largest absolute Gasteiger partial charge is 0.456 e.